The first-order valence-corrected chi connectivity index (χ1v) is 7.51. The van der Waals surface area contributed by atoms with Gasteiger partial charge in [0.1, 0.15) is 0 Å². The van der Waals surface area contributed by atoms with Crippen molar-refractivity contribution in [2.75, 3.05) is 0 Å². The van der Waals surface area contributed by atoms with Gasteiger partial charge in [-0.05, 0) is 48.4 Å². The van der Waals surface area contributed by atoms with E-state index in [1.807, 2.05) is 0 Å². The van der Waals surface area contributed by atoms with Gasteiger partial charge in [-0.15, -0.1) is 0 Å². The van der Waals surface area contributed by atoms with Crippen LogP contribution in [0.2, 0.25) is 0 Å². The lowest BCUT2D eigenvalue weighted by molar-refractivity contribution is 0.0389. The van der Waals surface area contributed by atoms with Crippen LogP contribution in [-0.4, -0.2) is 5.11 Å². The van der Waals surface area contributed by atoms with Gasteiger partial charge in [0.05, 0.1) is 5.60 Å². The van der Waals surface area contributed by atoms with E-state index >= 15 is 0 Å². The lowest BCUT2D eigenvalue weighted by Crippen LogP contribution is -2.25. The highest BCUT2D eigenvalue weighted by atomic mass is 16.3. The van der Waals surface area contributed by atoms with Gasteiger partial charge >= 0.3 is 0 Å². The number of benzene rings is 2. The summed E-state index contributed by atoms with van der Waals surface area (Å²) in [6.45, 7) is 4.26. The van der Waals surface area contributed by atoms with Crippen molar-refractivity contribution in [1.29, 1.82) is 0 Å². The predicted octanol–water partition coefficient (Wildman–Crippen LogP) is 3.93. The molecule has 0 fully saturated rings. The molecule has 0 saturated carbocycles. The van der Waals surface area contributed by atoms with Crippen LogP contribution in [0.25, 0.3) is 0 Å². The Bertz CT molecular complexity index is 612. The maximum atomic E-state index is 11.0. The van der Waals surface area contributed by atoms with Crippen LogP contribution in [0.5, 0.6) is 0 Å². The molecule has 0 aromatic heterocycles. The second-order valence-electron chi connectivity index (χ2n) is 6.04. The van der Waals surface area contributed by atoms with Gasteiger partial charge in [0.2, 0.25) is 0 Å². The molecule has 1 heteroatoms. The zero-order valence-corrected chi connectivity index (χ0v) is 12.3. The van der Waals surface area contributed by atoms with Crippen LogP contribution in [0.15, 0.2) is 42.5 Å². The van der Waals surface area contributed by atoms with E-state index in [0.29, 0.717) is 6.42 Å². The van der Waals surface area contributed by atoms with Crippen molar-refractivity contribution < 1.29 is 5.11 Å². The summed E-state index contributed by atoms with van der Waals surface area (Å²) in [6.07, 6.45) is 3.60. The van der Waals surface area contributed by atoms with Crippen LogP contribution in [-0.2, 0) is 24.9 Å². The van der Waals surface area contributed by atoms with Gasteiger partial charge in [-0.2, -0.15) is 0 Å². The van der Waals surface area contributed by atoms with Crippen LogP contribution in [0, 0.1) is 6.92 Å². The van der Waals surface area contributed by atoms with E-state index in [1.165, 1.54) is 22.3 Å². The van der Waals surface area contributed by atoms with E-state index in [9.17, 15) is 5.11 Å². The Labute approximate surface area is 121 Å². The standard InChI is InChI=1S/C19H22O/c1-3-15-5-7-16(8-6-15)13-19(20)11-10-17-9-4-14(2)12-18(17)19/h4-9,12,20H,3,10-11,13H2,1-2H3. The summed E-state index contributed by atoms with van der Waals surface area (Å²) in [5.74, 6) is 0. The summed E-state index contributed by atoms with van der Waals surface area (Å²) >= 11 is 0. The van der Waals surface area contributed by atoms with Crippen molar-refractivity contribution in [2.45, 2.75) is 45.1 Å². The highest BCUT2D eigenvalue weighted by Crippen LogP contribution is 2.39. The molecule has 0 radical (unpaired) electrons. The smallest absolute Gasteiger partial charge is 0.0942 e. The number of hydrogen-bond donors (Lipinski definition) is 1. The number of fused-ring (bicyclic) bond motifs is 1. The third-order valence-corrected chi connectivity index (χ3v) is 4.50. The summed E-state index contributed by atoms with van der Waals surface area (Å²) in [5.41, 5.74) is 5.56. The van der Waals surface area contributed by atoms with E-state index < -0.39 is 5.60 Å². The average molecular weight is 266 g/mol. The second-order valence-corrected chi connectivity index (χ2v) is 6.04. The number of rotatable bonds is 3. The summed E-state index contributed by atoms with van der Waals surface area (Å²) in [4.78, 5) is 0. The number of hydrogen-bond acceptors (Lipinski definition) is 1. The fourth-order valence-electron chi connectivity index (χ4n) is 3.23. The first-order valence-electron chi connectivity index (χ1n) is 7.51. The molecule has 1 aliphatic carbocycles. The molecule has 2 aromatic carbocycles. The Morgan fingerprint density at radius 2 is 1.75 bits per heavy atom. The minimum absolute atomic E-state index is 0.685. The van der Waals surface area contributed by atoms with E-state index in [4.69, 9.17) is 0 Å². The van der Waals surface area contributed by atoms with Crippen LogP contribution < -0.4 is 0 Å². The molecule has 0 bridgehead atoms. The molecular formula is C19H22O. The van der Waals surface area contributed by atoms with Gasteiger partial charge in [-0.1, -0.05) is 55.0 Å². The Hall–Kier alpha value is -1.60. The zero-order valence-electron chi connectivity index (χ0n) is 12.3. The zero-order chi connectivity index (χ0) is 14.2. The first kappa shape index (κ1) is 13.4. The third kappa shape index (κ3) is 2.38. The molecule has 1 atom stereocenters. The minimum Gasteiger partial charge on any atom is -0.385 e. The van der Waals surface area contributed by atoms with E-state index in [2.05, 4.69) is 56.3 Å². The van der Waals surface area contributed by atoms with E-state index in [-0.39, 0.29) is 0 Å². The molecule has 2 aromatic rings. The van der Waals surface area contributed by atoms with Gasteiger partial charge in [-0.25, -0.2) is 0 Å². The van der Waals surface area contributed by atoms with Gasteiger partial charge in [-0.3, -0.25) is 0 Å². The average Bonchev–Trinajstić information content (AvgIpc) is 2.77. The first-order chi connectivity index (χ1) is 9.60. The fourth-order valence-corrected chi connectivity index (χ4v) is 3.23. The van der Waals surface area contributed by atoms with Crippen molar-refractivity contribution in [1.82, 2.24) is 0 Å². The fraction of sp³-hybridized carbons (Fsp3) is 0.368. The van der Waals surface area contributed by atoms with E-state index in [1.54, 1.807) is 0 Å². The molecule has 0 heterocycles. The van der Waals surface area contributed by atoms with Crippen LogP contribution in [0.4, 0.5) is 0 Å². The molecule has 1 aliphatic rings. The monoisotopic (exact) mass is 266 g/mol. The molecule has 3 rings (SSSR count). The van der Waals surface area contributed by atoms with Gasteiger partial charge in [0, 0.05) is 6.42 Å². The SMILES string of the molecule is CCc1ccc(CC2(O)CCc3ccc(C)cc32)cc1. The topological polar surface area (TPSA) is 20.2 Å². The lowest BCUT2D eigenvalue weighted by Gasteiger charge is -2.24. The molecule has 0 amide bonds. The molecule has 20 heavy (non-hydrogen) atoms. The minimum atomic E-state index is -0.685. The molecular weight excluding hydrogens is 244 g/mol. The van der Waals surface area contributed by atoms with Crippen molar-refractivity contribution in [2.24, 2.45) is 0 Å². The molecule has 104 valence electrons. The van der Waals surface area contributed by atoms with E-state index in [0.717, 1.165) is 24.8 Å². The maximum absolute atomic E-state index is 11.0. The molecule has 1 unspecified atom stereocenters. The molecule has 0 aliphatic heterocycles. The summed E-state index contributed by atoms with van der Waals surface area (Å²) in [6, 6.07) is 15.1. The Morgan fingerprint density at radius 3 is 2.45 bits per heavy atom. The number of aliphatic hydroxyl groups is 1. The number of aryl methyl sites for hydroxylation is 3. The van der Waals surface area contributed by atoms with Crippen molar-refractivity contribution >= 4 is 0 Å². The lowest BCUT2D eigenvalue weighted by atomic mass is 9.88. The second kappa shape index (κ2) is 5.06. The normalized spacial score (nSPS) is 20.9. The predicted molar refractivity (Wildman–Crippen MR) is 82.9 cm³/mol. The van der Waals surface area contributed by atoms with Crippen LogP contribution >= 0.6 is 0 Å². The van der Waals surface area contributed by atoms with Crippen molar-refractivity contribution in [3.63, 3.8) is 0 Å². The quantitative estimate of drug-likeness (QED) is 0.892. The molecule has 1 N–H and O–H groups in total. The summed E-state index contributed by atoms with van der Waals surface area (Å²) < 4.78 is 0. The van der Waals surface area contributed by atoms with Gasteiger partial charge in [0.25, 0.3) is 0 Å². The summed E-state index contributed by atoms with van der Waals surface area (Å²) in [7, 11) is 0. The highest BCUT2D eigenvalue weighted by molar-refractivity contribution is 5.41. The van der Waals surface area contributed by atoms with Crippen molar-refractivity contribution in [3.05, 3.63) is 70.3 Å². The highest BCUT2D eigenvalue weighted by Gasteiger charge is 2.36. The largest absolute Gasteiger partial charge is 0.385 e. The van der Waals surface area contributed by atoms with Gasteiger partial charge < -0.3 is 5.11 Å². The maximum Gasteiger partial charge on any atom is 0.0942 e. The Kier molecular flexibility index (Phi) is 3.39. The van der Waals surface area contributed by atoms with Crippen LogP contribution in [0.1, 0.15) is 41.2 Å². The van der Waals surface area contributed by atoms with Gasteiger partial charge in [0.15, 0.2) is 0 Å². The summed E-state index contributed by atoms with van der Waals surface area (Å²) in [5, 5.41) is 11.0. The van der Waals surface area contributed by atoms with Crippen molar-refractivity contribution in [3.8, 4) is 0 Å². The molecule has 0 saturated heterocycles. The third-order valence-electron chi connectivity index (χ3n) is 4.50. The Morgan fingerprint density at radius 1 is 1.05 bits per heavy atom. The Balaban J connectivity index is 1.89. The molecule has 1 nitrogen and oxygen atoms in total. The molecule has 0 spiro atoms. The van der Waals surface area contributed by atoms with Crippen LogP contribution in [0.3, 0.4) is 0 Å².